The van der Waals surface area contributed by atoms with E-state index in [2.05, 4.69) is 18.3 Å². The monoisotopic (exact) mass is 280 g/mol. The topological polar surface area (TPSA) is 69.6 Å². The van der Waals surface area contributed by atoms with E-state index >= 15 is 0 Å². The normalized spacial score (nSPS) is 27.4. The highest BCUT2D eigenvalue weighted by atomic mass is 16.4. The van der Waals surface area contributed by atoms with Gasteiger partial charge in [-0.1, -0.05) is 30.9 Å². The van der Waals surface area contributed by atoms with Crippen LogP contribution < -0.4 is 5.32 Å². The SMILES string of the molecule is CC1=CCN(C(=O)NC2CCCCCC2C(=O)O)CC1. The molecule has 1 heterocycles. The molecule has 0 spiro atoms. The Balaban J connectivity index is 1.95. The molecule has 5 nitrogen and oxygen atoms in total. The summed E-state index contributed by atoms with van der Waals surface area (Å²) in [5, 5.41) is 12.3. The second kappa shape index (κ2) is 6.77. The Morgan fingerprint density at radius 1 is 1.30 bits per heavy atom. The Morgan fingerprint density at radius 2 is 2.05 bits per heavy atom. The van der Waals surface area contributed by atoms with Crippen molar-refractivity contribution in [3.05, 3.63) is 11.6 Å². The van der Waals surface area contributed by atoms with Crippen molar-refractivity contribution in [1.29, 1.82) is 0 Å². The van der Waals surface area contributed by atoms with Crippen molar-refractivity contribution < 1.29 is 14.7 Å². The van der Waals surface area contributed by atoms with E-state index < -0.39 is 11.9 Å². The van der Waals surface area contributed by atoms with Crippen molar-refractivity contribution in [1.82, 2.24) is 10.2 Å². The van der Waals surface area contributed by atoms with E-state index in [1.807, 2.05) is 0 Å². The zero-order valence-corrected chi connectivity index (χ0v) is 12.1. The van der Waals surface area contributed by atoms with Gasteiger partial charge in [0.2, 0.25) is 0 Å². The summed E-state index contributed by atoms with van der Waals surface area (Å²) >= 11 is 0. The number of amides is 2. The van der Waals surface area contributed by atoms with E-state index in [-0.39, 0.29) is 12.1 Å². The molecule has 2 aliphatic rings. The van der Waals surface area contributed by atoms with Crippen molar-refractivity contribution in [2.45, 2.75) is 51.5 Å². The van der Waals surface area contributed by atoms with Crippen molar-refractivity contribution >= 4 is 12.0 Å². The van der Waals surface area contributed by atoms with E-state index in [1.165, 1.54) is 5.57 Å². The van der Waals surface area contributed by atoms with Crippen molar-refractivity contribution in [3.63, 3.8) is 0 Å². The van der Waals surface area contributed by atoms with Crippen LogP contribution in [0, 0.1) is 5.92 Å². The molecule has 2 rings (SSSR count). The summed E-state index contributed by atoms with van der Waals surface area (Å²) in [4.78, 5) is 25.4. The van der Waals surface area contributed by atoms with Crippen LogP contribution in [0.15, 0.2) is 11.6 Å². The summed E-state index contributed by atoms with van der Waals surface area (Å²) in [5.74, 6) is -1.23. The molecule has 0 saturated heterocycles. The van der Waals surface area contributed by atoms with Gasteiger partial charge in [0, 0.05) is 19.1 Å². The van der Waals surface area contributed by atoms with E-state index in [1.54, 1.807) is 4.90 Å². The second-order valence-corrected chi connectivity index (χ2v) is 5.89. The number of hydrogen-bond acceptors (Lipinski definition) is 2. The van der Waals surface area contributed by atoms with E-state index in [0.717, 1.165) is 38.6 Å². The highest BCUT2D eigenvalue weighted by Crippen LogP contribution is 2.24. The number of nitrogens with zero attached hydrogens (tertiary/aromatic N) is 1. The molecule has 0 aromatic carbocycles. The Bertz CT molecular complexity index is 406. The number of carbonyl (C=O) groups excluding carboxylic acids is 1. The summed E-state index contributed by atoms with van der Waals surface area (Å²) in [7, 11) is 0. The molecule has 5 heteroatoms. The van der Waals surface area contributed by atoms with Gasteiger partial charge in [0.05, 0.1) is 5.92 Å². The van der Waals surface area contributed by atoms with Crippen molar-refractivity contribution in [2.24, 2.45) is 5.92 Å². The van der Waals surface area contributed by atoms with Gasteiger partial charge >= 0.3 is 12.0 Å². The van der Waals surface area contributed by atoms with Crippen LogP contribution in [0.2, 0.25) is 0 Å². The van der Waals surface area contributed by atoms with Crippen LogP contribution in [0.3, 0.4) is 0 Å². The number of carbonyl (C=O) groups is 2. The quantitative estimate of drug-likeness (QED) is 0.602. The molecule has 2 unspecified atom stereocenters. The minimum atomic E-state index is -0.786. The number of nitrogens with one attached hydrogen (secondary N) is 1. The molecule has 1 fully saturated rings. The van der Waals surface area contributed by atoms with Crippen molar-refractivity contribution in [3.8, 4) is 0 Å². The lowest BCUT2D eigenvalue weighted by molar-refractivity contribution is -0.142. The summed E-state index contributed by atoms with van der Waals surface area (Å²) < 4.78 is 0. The first-order chi connectivity index (χ1) is 9.58. The first-order valence-electron chi connectivity index (χ1n) is 7.52. The fourth-order valence-electron chi connectivity index (χ4n) is 2.98. The Hall–Kier alpha value is -1.52. The van der Waals surface area contributed by atoms with E-state index in [0.29, 0.717) is 13.0 Å². The van der Waals surface area contributed by atoms with Crippen molar-refractivity contribution in [2.75, 3.05) is 13.1 Å². The van der Waals surface area contributed by atoms with Crippen LogP contribution in [0.1, 0.15) is 45.4 Å². The number of carboxylic acid groups (broad SMARTS) is 1. The van der Waals surface area contributed by atoms with Gasteiger partial charge in [-0.05, 0) is 26.2 Å². The number of hydrogen-bond donors (Lipinski definition) is 2. The fraction of sp³-hybridized carbons (Fsp3) is 0.733. The third-order valence-electron chi connectivity index (χ3n) is 4.37. The summed E-state index contributed by atoms with van der Waals surface area (Å²) in [5.41, 5.74) is 1.31. The van der Waals surface area contributed by atoms with Gasteiger partial charge in [0.15, 0.2) is 0 Å². The molecule has 0 aromatic rings. The third kappa shape index (κ3) is 3.74. The highest BCUT2D eigenvalue weighted by molar-refractivity contribution is 5.77. The summed E-state index contributed by atoms with van der Waals surface area (Å²) in [6.07, 6.45) is 7.39. The van der Waals surface area contributed by atoms with Gasteiger partial charge in [-0.25, -0.2) is 4.79 Å². The first kappa shape index (κ1) is 14.9. The zero-order valence-electron chi connectivity index (χ0n) is 12.1. The molecular weight excluding hydrogens is 256 g/mol. The molecular formula is C15H24N2O3. The van der Waals surface area contributed by atoms with Crippen LogP contribution in [0.25, 0.3) is 0 Å². The van der Waals surface area contributed by atoms with E-state index in [4.69, 9.17) is 0 Å². The molecule has 2 N–H and O–H groups in total. The molecule has 0 bridgehead atoms. The average molecular weight is 280 g/mol. The molecule has 1 aliphatic heterocycles. The predicted octanol–water partition coefficient (Wildman–Crippen LogP) is 2.38. The predicted molar refractivity (Wildman–Crippen MR) is 76.5 cm³/mol. The van der Waals surface area contributed by atoms with Gasteiger partial charge in [-0.3, -0.25) is 4.79 Å². The smallest absolute Gasteiger partial charge is 0.317 e. The van der Waals surface area contributed by atoms with Crippen LogP contribution >= 0.6 is 0 Å². The molecule has 0 aromatic heterocycles. The van der Waals surface area contributed by atoms with Crippen LogP contribution in [-0.4, -0.2) is 41.1 Å². The van der Waals surface area contributed by atoms with Gasteiger partial charge in [-0.2, -0.15) is 0 Å². The molecule has 1 aliphatic carbocycles. The van der Waals surface area contributed by atoms with Crippen LogP contribution in [0.4, 0.5) is 4.79 Å². The lowest BCUT2D eigenvalue weighted by atomic mass is 9.95. The molecule has 112 valence electrons. The van der Waals surface area contributed by atoms with E-state index in [9.17, 15) is 14.7 Å². The highest BCUT2D eigenvalue weighted by Gasteiger charge is 2.31. The molecule has 0 radical (unpaired) electrons. The van der Waals surface area contributed by atoms with Gasteiger partial charge in [0.25, 0.3) is 0 Å². The summed E-state index contributed by atoms with van der Waals surface area (Å²) in [6, 6.07) is -0.346. The number of rotatable bonds is 2. The van der Waals surface area contributed by atoms with Crippen LogP contribution in [-0.2, 0) is 4.79 Å². The maximum Gasteiger partial charge on any atom is 0.317 e. The average Bonchev–Trinajstić information content (AvgIpc) is 2.65. The maximum absolute atomic E-state index is 12.2. The minimum Gasteiger partial charge on any atom is -0.481 e. The second-order valence-electron chi connectivity index (χ2n) is 5.89. The molecule has 2 amide bonds. The van der Waals surface area contributed by atoms with Gasteiger partial charge in [-0.15, -0.1) is 0 Å². The largest absolute Gasteiger partial charge is 0.481 e. The lowest BCUT2D eigenvalue weighted by Gasteiger charge is -2.30. The first-order valence-corrected chi connectivity index (χ1v) is 7.52. The Morgan fingerprint density at radius 3 is 2.70 bits per heavy atom. The molecule has 1 saturated carbocycles. The molecule has 2 atom stereocenters. The molecule has 20 heavy (non-hydrogen) atoms. The zero-order chi connectivity index (χ0) is 14.5. The maximum atomic E-state index is 12.2. The Labute approximate surface area is 120 Å². The van der Waals surface area contributed by atoms with Gasteiger partial charge < -0.3 is 15.3 Å². The minimum absolute atomic E-state index is 0.119. The Kier molecular flexibility index (Phi) is 5.04. The number of carboxylic acids is 1. The van der Waals surface area contributed by atoms with Crippen LogP contribution in [0.5, 0.6) is 0 Å². The standard InChI is InChI=1S/C15H24N2O3/c1-11-7-9-17(10-8-11)15(20)16-13-6-4-2-3-5-12(13)14(18)19/h7,12-13H,2-6,8-10H2,1H3,(H,16,20)(H,18,19). The fourth-order valence-corrected chi connectivity index (χ4v) is 2.98. The lowest BCUT2D eigenvalue weighted by Crippen LogP contribution is -2.49. The third-order valence-corrected chi connectivity index (χ3v) is 4.37. The summed E-state index contributed by atoms with van der Waals surface area (Å²) in [6.45, 7) is 3.42. The number of urea groups is 1. The number of aliphatic carboxylic acids is 1. The van der Waals surface area contributed by atoms with Gasteiger partial charge in [0.1, 0.15) is 0 Å².